The minimum absolute atomic E-state index is 0.115. The Hall–Kier alpha value is -3.58. The van der Waals surface area contributed by atoms with Crippen molar-refractivity contribution < 1.29 is 9.18 Å². The Balaban J connectivity index is 1.12. The molecule has 1 amide bonds. The number of aromatic nitrogens is 3. The van der Waals surface area contributed by atoms with Crippen LogP contribution in [-0.4, -0.2) is 56.4 Å². The van der Waals surface area contributed by atoms with Crippen LogP contribution in [0.4, 0.5) is 4.39 Å². The molecule has 37 heavy (non-hydrogen) atoms. The quantitative estimate of drug-likeness (QED) is 0.375. The number of piperidine rings is 2. The minimum Gasteiger partial charge on any atom is -0.342 e. The number of halogens is 1. The van der Waals surface area contributed by atoms with Crippen molar-refractivity contribution in [1.29, 1.82) is 0 Å². The highest BCUT2D eigenvalue weighted by Gasteiger charge is 2.32. The van der Waals surface area contributed by atoms with Crippen LogP contribution in [0.1, 0.15) is 37.3 Å². The van der Waals surface area contributed by atoms with E-state index in [1.807, 2.05) is 30.3 Å². The van der Waals surface area contributed by atoms with E-state index >= 15 is 0 Å². The molecule has 2 aliphatic heterocycles. The first-order chi connectivity index (χ1) is 18.2. The highest BCUT2D eigenvalue weighted by Crippen LogP contribution is 2.34. The van der Waals surface area contributed by atoms with Crippen molar-refractivity contribution in [3.8, 4) is 11.5 Å². The molecule has 2 saturated heterocycles. The van der Waals surface area contributed by atoms with E-state index in [0.29, 0.717) is 11.4 Å². The number of benzene rings is 2. The molecule has 0 radical (unpaired) electrons. The summed E-state index contributed by atoms with van der Waals surface area (Å²) in [4.78, 5) is 27.2. The second-order valence-corrected chi connectivity index (χ2v) is 10.2. The van der Waals surface area contributed by atoms with Crippen LogP contribution in [0.15, 0.2) is 72.9 Å². The number of rotatable bonds is 5. The summed E-state index contributed by atoms with van der Waals surface area (Å²) < 4.78 is 16.2. The van der Waals surface area contributed by atoms with Crippen LogP contribution in [0.3, 0.4) is 0 Å². The lowest BCUT2D eigenvalue weighted by Crippen LogP contribution is -2.45. The molecule has 6 rings (SSSR count). The molecule has 0 spiro atoms. The van der Waals surface area contributed by atoms with Gasteiger partial charge in [0.15, 0.2) is 5.82 Å². The van der Waals surface area contributed by atoms with Gasteiger partial charge in [0.25, 0.3) is 0 Å². The van der Waals surface area contributed by atoms with Gasteiger partial charge in [-0.15, -0.1) is 0 Å². The number of hydrogen-bond acceptors (Lipinski definition) is 4. The number of imidazole rings is 1. The van der Waals surface area contributed by atoms with Crippen LogP contribution in [0, 0.1) is 11.7 Å². The molecule has 0 unspecified atom stereocenters. The highest BCUT2D eigenvalue weighted by molar-refractivity contribution is 5.81. The van der Waals surface area contributed by atoms with E-state index in [2.05, 4.69) is 43.6 Å². The molecule has 0 N–H and O–H groups in total. The Kier molecular flexibility index (Phi) is 6.70. The van der Waals surface area contributed by atoms with Gasteiger partial charge in [-0.2, -0.15) is 0 Å². The molecule has 4 aromatic rings. The Morgan fingerprint density at radius 2 is 1.65 bits per heavy atom. The second-order valence-electron chi connectivity index (χ2n) is 10.2. The molecular formula is C30H32FN5O. The lowest BCUT2D eigenvalue weighted by atomic mass is 9.93. The molecule has 0 atom stereocenters. The van der Waals surface area contributed by atoms with Crippen LogP contribution in [0.5, 0.6) is 0 Å². The van der Waals surface area contributed by atoms with E-state index < -0.39 is 0 Å². The Bertz CT molecular complexity index is 1360. The van der Waals surface area contributed by atoms with Gasteiger partial charge in [0, 0.05) is 43.9 Å². The largest absolute Gasteiger partial charge is 0.342 e. The Labute approximate surface area is 216 Å². The normalized spacial score (nSPS) is 17.9. The molecule has 2 aliphatic rings. The molecule has 0 aliphatic carbocycles. The van der Waals surface area contributed by atoms with Gasteiger partial charge in [0.05, 0.1) is 11.0 Å². The molecule has 0 bridgehead atoms. The maximum atomic E-state index is 14.0. The first-order valence-electron chi connectivity index (χ1n) is 13.3. The van der Waals surface area contributed by atoms with E-state index in [1.165, 1.54) is 17.7 Å². The number of amides is 1. The van der Waals surface area contributed by atoms with E-state index in [0.717, 1.165) is 75.4 Å². The van der Waals surface area contributed by atoms with Crippen molar-refractivity contribution in [2.24, 2.45) is 5.92 Å². The summed E-state index contributed by atoms with van der Waals surface area (Å²) in [7, 11) is 0. The zero-order chi connectivity index (χ0) is 25.2. The van der Waals surface area contributed by atoms with Gasteiger partial charge in [-0.3, -0.25) is 14.7 Å². The monoisotopic (exact) mass is 497 g/mol. The maximum absolute atomic E-state index is 14.0. The smallest absolute Gasteiger partial charge is 0.225 e. The molecule has 2 fully saturated rings. The number of hydrogen-bond donors (Lipinski definition) is 0. The predicted molar refractivity (Wildman–Crippen MR) is 142 cm³/mol. The second kappa shape index (κ2) is 10.4. The number of nitrogens with zero attached hydrogens (tertiary/aromatic N) is 5. The number of carbonyl (C=O) groups is 1. The lowest BCUT2D eigenvalue weighted by molar-refractivity contribution is -0.138. The topological polar surface area (TPSA) is 54.3 Å². The average molecular weight is 498 g/mol. The third kappa shape index (κ3) is 5.01. The summed E-state index contributed by atoms with van der Waals surface area (Å²) in [6.07, 6.45) is 5.30. The third-order valence-corrected chi connectivity index (χ3v) is 7.87. The fourth-order valence-electron chi connectivity index (χ4n) is 5.90. The van der Waals surface area contributed by atoms with E-state index in [9.17, 15) is 9.18 Å². The zero-order valence-electron chi connectivity index (χ0n) is 21.0. The van der Waals surface area contributed by atoms with Gasteiger partial charge in [-0.05, 0) is 68.6 Å². The predicted octanol–water partition coefficient (Wildman–Crippen LogP) is 5.31. The zero-order valence-corrected chi connectivity index (χ0v) is 21.0. The van der Waals surface area contributed by atoms with Crippen LogP contribution in [0.25, 0.3) is 22.6 Å². The third-order valence-electron chi connectivity index (χ3n) is 7.87. The van der Waals surface area contributed by atoms with Gasteiger partial charge in [0.2, 0.25) is 5.91 Å². The molecular weight excluding hydrogens is 465 g/mol. The van der Waals surface area contributed by atoms with Gasteiger partial charge in [-0.1, -0.05) is 36.4 Å². The standard InChI is InChI=1S/C30H32FN5O/c31-24-9-10-28-27(20-24)33-29(26-8-4-5-15-32-26)36(28)25-13-18-35(19-14-25)30(37)23-11-16-34(17-12-23)21-22-6-2-1-3-7-22/h1-10,15,20,23,25H,11-14,16-19,21H2. The van der Waals surface area contributed by atoms with E-state index in [-0.39, 0.29) is 17.8 Å². The van der Waals surface area contributed by atoms with Crippen LogP contribution in [0.2, 0.25) is 0 Å². The summed E-state index contributed by atoms with van der Waals surface area (Å²) in [5.74, 6) is 0.891. The Morgan fingerprint density at radius 3 is 2.38 bits per heavy atom. The number of pyridine rings is 1. The van der Waals surface area contributed by atoms with Crippen molar-refractivity contribution in [2.45, 2.75) is 38.3 Å². The molecule has 0 saturated carbocycles. The molecule has 2 aromatic carbocycles. The van der Waals surface area contributed by atoms with Gasteiger partial charge < -0.3 is 9.47 Å². The van der Waals surface area contributed by atoms with Crippen molar-refractivity contribution in [3.63, 3.8) is 0 Å². The summed E-state index contributed by atoms with van der Waals surface area (Å²) in [5.41, 5.74) is 3.66. The SMILES string of the molecule is O=C(C1CCN(Cc2ccccc2)CC1)N1CCC(n2c(-c3ccccn3)nc3cc(F)ccc32)CC1. The minimum atomic E-state index is -0.292. The molecule has 4 heterocycles. The van der Waals surface area contributed by atoms with Crippen molar-refractivity contribution in [1.82, 2.24) is 24.3 Å². The number of fused-ring (bicyclic) bond motifs is 1. The molecule has 7 heteroatoms. The maximum Gasteiger partial charge on any atom is 0.225 e. The van der Waals surface area contributed by atoms with E-state index in [4.69, 9.17) is 4.98 Å². The lowest BCUT2D eigenvalue weighted by Gasteiger charge is -2.38. The molecule has 2 aromatic heterocycles. The van der Waals surface area contributed by atoms with Gasteiger partial charge in [-0.25, -0.2) is 9.37 Å². The van der Waals surface area contributed by atoms with Crippen molar-refractivity contribution in [3.05, 3.63) is 84.3 Å². The summed E-state index contributed by atoms with van der Waals surface area (Å²) in [5, 5.41) is 0. The fourth-order valence-corrected chi connectivity index (χ4v) is 5.90. The van der Waals surface area contributed by atoms with Crippen LogP contribution < -0.4 is 0 Å². The highest BCUT2D eigenvalue weighted by atomic mass is 19.1. The van der Waals surface area contributed by atoms with Crippen LogP contribution in [-0.2, 0) is 11.3 Å². The summed E-state index contributed by atoms with van der Waals surface area (Å²) in [6, 6.07) is 21.3. The number of likely N-dealkylation sites (tertiary alicyclic amines) is 2. The summed E-state index contributed by atoms with van der Waals surface area (Å²) >= 11 is 0. The van der Waals surface area contributed by atoms with Gasteiger partial charge in [0.1, 0.15) is 11.5 Å². The number of carbonyl (C=O) groups excluding carboxylic acids is 1. The fraction of sp³-hybridized carbons (Fsp3) is 0.367. The first-order valence-corrected chi connectivity index (χ1v) is 13.3. The van der Waals surface area contributed by atoms with Gasteiger partial charge >= 0.3 is 0 Å². The summed E-state index contributed by atoms with van der Waals surface area (Å²) in [6.45, 7) is 4.35. The Morgan fingerprint density at radius 1 is 0.892 bits per heavy atom. The van der Waals surface area contributed by atoms with E-state index in [1.54, 1.807) is 6.20 Å². The first kappa shape index (κ1) is 23.8. The average Bonchev–Trinajstić information content (AvgIpc) is 3.33. The molecule has 6 nitrogen and oxygen atoms in total. The molecule has 190 valence electrons. The van der Waals surface area contributed by atoms with Crippen molar-refractivity contribution >= 4 is 16.9 Å². The van der Waals surface area contributed by atoms with Crippen molar-refractivity contribution in [2.75, 3.05) is 26.2 Å². The van der Waals surface area contributed by atoms with Crippen LogP contribution >= 0.6 is 0 Å².